The third-order valence-electron chi connectivity index (χ3n) is 2.17. The number of rotatable bonds is 1. The molecule has 4 heteroatoms. The smallest absolute Gasteiger partial charge is 0.231 e. The van der Waals surface area contributed by atoms with Gasteiger partial charge in [0.2, 0.25) is 6.79 Å². The van der Waals surface area contributed by atoms with E-state index in [4.69, 9.17) is 26.8 Å². The minimum absolute atomic E-state index is 0.240. The molecule has 0 saturated heterocycles. The lowest BCUT2D eigenvalue weighted by molar-refractivity contribution is 0.173. The predicted molar refractivity (Wildman–Crippen MR) is 50.2 cm³/mol. The van der Waals surface area contributed by atoms with Crippen molar-refractivity contribution in [1.29, 1.82) is 0 Å². The van der Waals surface area contributed by atoms with Crippen molar-refractivity contribution in [2.75, 3.05) is 6.79 Å². The molecule has 0 aliphatic carbocycles. The first-order valence-electron chi connectivity index (χ1n) is 4.01. The predicted octanol–water partition coefficient (Wildman–Crippen LogP) is 1.84. The van der Waals surface area contributed by atoms with E-state index in [0.717, 1.165) is 16.9 Å². The van der Waals surface area contributed by atoms with Crippen LogP contribution in [0.2, 0.25) is 5.02 Å². The van der Waals surface area contributed by atoms with Gasteiger partial charge in [-0.15, -0.1) is 0 Å². The Morgan fingerprint density at radius 2 is 2.15 bits per heavy atom. The molecule has 0 fully saturated rings. The number of benzene rings is 1. The summed E-state index contributed by atoms with van der Waals surface area (Å²) in [5, 5.41) is 0.568. The highest BCUT2D eigenvalue weighted by Gasteiger charge is 2.21. The standard InChI is InChI=1S/C9H10ClNO2/c1-5-6(3-11)2-7(10)9-8(5)12-4-13-9/h2H,3-4,11H2,1H3. The molecular formula is C9H10ClNO2. The Bertz CT molecular complexity index is 352. The molecule has 13 heavy (non-hydrogen) atoms. The van der Waals surface area contributed by atoms with Crippen LogP contribution < -0.4 is 15.2 Å². The van der Waals surface area contributed by atoms with Gasteiger partial charge in [-0.2, -0.15) is 0 Å². The molecule has 3 nitrogen and oxygen atoms in total. The molecule has 0 atom stereocenters. The van der Waals surface area contributed by atoms with Crippen LogP contribution in [0.25, 0.3) is 0 Å². The molecule has 0 amide bonds. The molecule has 0 spiro atoms. The molecule has 1 aliphatic heterocycles. The number of hydrogen-bond acceptors (Lipinski definition) is 3. The van der Waals surface area contributed by atoms with Crippen LogP contribution >= 0.6 is 11.6 Å². The lowest BCUT2D eigenvalue weighted by atomic mass is 10.1. The zero-order valence-corrected chi connectivity index (χ0v) is 8.02. The maximum absolute atomic E-state index is 5.96. The van der Waals surface area contributed by atoms with Gasteiger partial charge in [-0.3, -0.25) is 0 Å². The van der Waals surface area contributed by atoms with Crippen molar-refractivity contribution in [2.24, 2.45) is 5.73 Å². The number of ether oxygens (including phenoxy) is 2. The van der Waals surface area contributed by atoms with Crippen LogP contribution in [0.1, 0.15) is 11.1 Å². The number of halogens is 1. The monoisotopic (exact) mass is 199 g/mol. The Morgan fingerprint density at radius 3 is 2.85 bits per heavy atom. The van der Waals surface area contributed by atoms with Crippen LogP contribution in [0.3, 0.4) is 0 Å². The number of fused-ring (bicyclic) bond motifs is 1. The average molecular weight is 200 g/mol. The van der Waals surface area contributed by atoms with E-state index in [0.29, 0.717) is 17.3 Å². The summed E-state index contributed by atoms with van der Waals surface area (Å²) in [6.07, 6.45) is 0. The molecule has 2 N–H and O–H groups in total. The lowest BCUT2D eigenvalue weighted by Gasteiger charge is -2.07. The molecule has 2 rings (SSSR count). The first-order chi connectivity index (χ1) is 6.24. The van der Waals surface area contributed by atoms with Crippen LogP contribution in [-0.4, -0.2) is 6.79 Å². The first-order valence-corrected chi connectivity index (χ1v) is 4.39. The molecule has 0 bridgehead atoms. The van der Waals surface area contributed by atoms with E-state index in [9.17, 15) is 0 Å². The summed E-state index contributed by atoms with van der Waals surface area (Å²) in [6, 6.07) is 1.82. The van der Waals surface area contributed by atoms with Crippen LogP contribution in [0.15, 0.2) is 6.07 Å². The lowest BCUT2D eigenvalue weighted by Crippen LogP contribution is -2.00. The van der Waals surface area contributed by atoms with Gasteiger partial charge in [-0.05, 0) is 24.1 Å². The van der Waals surface area contributed by atoms with Gasteiger partial charge in [-0.25, -0.2) is 0 Å². The van der Waals surface area contributed by atoms with Crippen molar-refractivity contribution < 1.29 is 9.47 Å². The summed E-state index contributed by atoms with van der Waals surface area (Å²) < 4.78 is 10.5. The molecule has 1 aromatic rings. The van der Waals surface area contributed by atoms with Crippen molar-refractivity contribution in [3.63, 3.8) is 0 Å². The molecule has 70 valence electrons. The molecule has 1 aromatic carbocycles. The minimum Gasteiger partial charge on any atom is -0.453 e. The highest BCUT2D eigenvalue weighted by molar-refractivity contribution is 6.32. The highest BCUT2D eigenvalue weighted by Crippen LogP contribution is 2.42. The van der Waals surface area contributed by atoms with Gasteiger partial charge >= 0.3 is 0 Å². The molecule has 1 heterocycles. The van der Waals surface area contributed by atoms with Crippen molar-refractivity contribution in [2.45, 2.75) is 13.5 Å². The summed E-state index contributed by atoms with van der Waals surface area (Å²) in [4.78, 5) is 0. The zero-order valence-electron chi connectivity index (χ0n) is 7.26. The molecule has 0 saturated carbocycles. The van der Waals surface area contributed by atoms with Crippen LogP contribution in [0, 0.1) is 6.92 Å². The summed E-state index contributed by atoms with van der Waals surface area (Å²) in [5.74, 6) is 1.37. The van der Waals surface area contributed by atoms with E-state index in [-0.39, 0.29) is 6.79 Å². The van der Waals surface area contributed by atoms with Crippen LogP contribution in [0.4, 0.5) is 0 Å². The molecule has 0 unspecified atom stereocenters. The van der Waals surface area contributed by atoms with Crippen LogP contribution in [-0.2, 0) is 6.54 Å². The second kappa shape index (κ2) is 3.09. The Morgan fingerprint density at radius 1 is 1.46 bits per heavy atom. The Kier molecular flexibility index (Phi) is 2.06. The third kappa shape index (κ3) is 1.24. The number of nitrogens with two attached hydrogens (primary N) is 1. The van der Waals surface area contributed by atoms with Gasteiger partial charge in [-0.1, -0.05) is 11.6 Å². The highest BCUT2D eigenvalue weighted by atomic mass is 35.5. The average Bonchev–Trinajstić information content (AvgIpc) is 2.60. The van der Waals surface area contributed by atoms with E-state index in [1.807, 2.05) is 13.0 Å². The fraction of sp³-hybridized carbons (Fsp3) is 0.333. The summed E-state index contributed by atoms with van der Waals surface area (Å²) >= 11 is 5.96. The van der Waals surface area contributed by atoms with Gasteiger partial charge in [0.1, 0.15) is 0 Å². The van der Waals surface area contributed by atoms with Crippen molar-refractivity contribution in [3.8, 4) is 11.5 Å². The van der Waals surface area contributed by atoms with E-state index in [1.165, 1.54) is 0 Å². The van der Waals surface area contributed by atoms with E-state index in [1.54, 1.807) is 0 Å². The van der Waals surface area contributed by atoms with Crippen LogP contribution in [0.5, 0.6) is 11.5 Å². The summed E-state index contributed by atoms with van der Waals surface area (Å²) in [5.41, 5.74) is 7.57. The Labute approximate surface area is 81.4 Å². The minimum atomic E-state index is 0.240. The molecule has 1 aliphatic rings. The van der Waals surface area contributed by atoms with E-state index in [2.05, 4.69) is 0 Å². The van der Waals surface area contributed by atoms with Crippen molar-refractivity contribution in [3.05, 3.63) is 22.2 Å². The Balaban J connectivity index is 2.62. The SMILES string of the molecule is Cc1c(CN)cc(Cl)c2c1OCO2. The summed E-state index contributed by atoms with van der Waals surface area (Å²) in [6.45, 7) is 2.65. The second-order valence-corrected chi connectivity index (χ2v) is 3.32. The zero-order chi connectivity index (χ0) is 9.42. The normalized spacial score (nSPS) is 13.5. The number of hydrogen-bond donors (Lipinski definition) is 1. The third-order valence-corrected chi connectivity index (χ3v) is 2.45. The molecule has 0 aromatic heterocycles. The topological polar surface area (TPSA) is 44.5 Å². The van der Waals surface area contributed by atoms with Gasteiger partial charge in [0.15, 0.2) is 11.5 Å². The molecular weight excluding hydrogens is 190 g/mol. The quantitative estimate of drug-likeness (QED) is 0.751. The maximum Gasteiger partial charge on any atom is 0.231 e. The van der Waals surface area contributed by atoms with Gasteiger partial charge < -0.3 is 15.2 Å². The van der Waals surface area contributed by atoms with E-state index >= 15 is 0 Å². The van der Waals surface area contributed by atoms with Gasteiger partial charge in [0.05, 0.1) is 5.02 Å². The van der Waals surface area contributed by atoms with Crippen molar-refractivity contribution in [1.82, 2.24) is 0 Å². The molecule has 0 radical (unpaired) electrons. The fourth-order valence-electron chi connectivity index (χ4n) is 1.42. The Hall–Kier alpha value is -0.930. The maximum atomic E-state index is 5.96. The summed E-state index contributed by atoms with van der Waals surface area (Å²) in [7, 11) is 0. The van der Waals surface area contributed by atoms with Gasteiger partial charge in [0.25, 0.3) is 0 Å². The second-order valence-electron chi connectivity index (χ2n) is 2.91. The fourth-order valence-corrected chi connectivity index (χ4v) is 1.69. The van der Waals surface area contributed by atoms with Gasteiger partial charge in [0, 0.05) is 6.54 Å². The van der Waals surface area contributed by atoms with E-state index < -0.39 is 0 Å². The first kappa shape index (κ1) is 8.66. The largest absolute Gasteiger partial charge is 0.453 e. The van der Waals surface area contributed by atoms with Crippen molar-refractivity contribution >= 4 is 11.6 Å².